The van der Waals surface area contributed by atoms with Crippen molar-refractivity contribution in [2.45, 2.75) is 12.5 Å². The number of hydrogen-bond acceptors (Lipinski definition) is 7. The molecule has 0 aromatic carbocycles. The Kier molecular flexibility index (Phi) is 4.63. The molecule has 4 rings (SSSR count). The van der Waals surface area contributed by atoms with E-state index in [-0.39, 0.29) is 23.2 Å². The number of carbonyl (C=O) groups is 1. The summed E-state index contributed by atoms with van der Waals surface area (Å²) in [6.45, 7) is 0. The average Bonchev–Trinajstić information content (AvgIpc) is 3.40. The lowest BCUT2D eigenvalue weighted by Gasteiger charge is -2.11. The quantitative estimate of drug-likeness (QED) is 0.695. The highest BCUT2D eigenvalue weighted by atomic mass is 32.2. The van der Waals surface area contributed by atoms with Crippen LogP contribution in [0.4, 0.5) is 5.69 Å². The molecule has 0 bridgehead atoms. The number of hydrogen-bond donors (Lipinski definition) is 1. The molecule has 4 heterocycles. The SMILES string of the molecule is COc1ccc(NC(=O)c2cc(-c3ccco3)n(C3CCS(=O)(=O)C3)n2)cn1. The fourth-order valence-electron chi connectivity index (χ4n) is 3.13. The van der Waals surface area contributed by atoms with Crippen LogP contribution < -0.4 is 10.1 Å². The van der Waals surface area contributed by atoms with Crippen LogP contribution in [0, 0.1) is 0 Å². The Labute approximate surface area is 161 Å². The number of furan rings is 1. The maximum atomic E-state index is 12.7. The summed E-state index contributed by atoms with van der Waals surface area (Å²) in [6, 6.07) is 8.02. The maximum Gasteiger partial charge on any atom is 0.276 e. The lowest BCUT2D eigenvalue weighted by Crippen LogP contribution is -2.16. The summed E-state index contributed by atoms with van der Waals surface area (Å²) >= 11 is 0. The monoisotopic (exact) mass is 402 g/mol. The van der Waals surface area contributed by atoms with Crippen LogP contribution in [-0.4, -0.2) is 47.7 Å². The van der Waals surface area contributed by atoms with Gasteiger partial charge in [-0.25, -0.2) is 13.4 Å². The van der Waals surface area contributed by atoms with E-state index in [0.29, 0.717) is 29.4 Å². The number of anilines is 1. The molecule has 0 spiro atoms. The van der Waals surface area contributed by atoms with Crippen molar-refractivity contribution in [2.24, 2.45) is 0 Å². The summed E-state index contributed by atoms with van der Waals surface area (Å²) in [4.78, 5) is 16.7. The average molecular weight is 402 g/mol. The first-order valence-corrected chi connectivity index (χ1v) is 10.4. The Hall–Kier alpha value is -3.14. The highest BCUT2D eigenvalue weighted by Crippen LogP contribution is 2.30. The molecule has 1 aliphatic heterocycles. The van der Waals surface area contributed by atoms with E-state index in [1.165, 1.54) is 19.6 Å². The van der Waals surface area contributed by atoms with Crippen molar-refractivity contribution >= 4 is 21.4 Å². The normalized spacial score (nSPS) is 18.1. The third-order valence-corrected chi connectivity index (χ3v) is 6.25. The zero-order valence-electron chi connectivity index (χ0n) is 15.0. The van der Waals surface area contributed by atoms with Crippen molar-refractivity contribution in [1.82, 2.24) is 14.8 Å². The van der Waals surface area contributed by atoms with E-state index in [0.717, 1.165) is 0 Å². The van der Waals surface area contributed by atoms with Crippen molar-refractivity contribution in [3.05, 3.63) is 48.5 Å². The molecule has 3 aromatic heterocycles. The second-order valence-corrected chi connectivity index (χ2v) is 8.67. The van der Waals surface area contributed by atoms with Gasteiger partial charge in [0.25, 0.3) is 5.91 Å². The molecule has 1 saturated heterocycles. The molecular weight excluding hydrogens is 384 g/mol. The molecule has 1 amide bonds. The molecule has 0 saturated carbocycles. The van der Waals surface area contributed by atoms with Crippen LogP contribution in [0.5, 0.6) is 5.88 Å². The molecule has 1 fully saturated rings. The minimum absolute atomic E-state index is 0.00809. The first-order valence-electron chi connectivity index (χ1n) is 8.60. The van der Waals surface area contributed by atoms with Crippen LogP contribution in [0.1, 0.15) is 23.0 Å². The molecule has 146 valence electrons. The lowest BCUT2D eigenvalue weighted by molar-refractivity contribution is 0.102. The van der Waals surface area contributed by atoms with Gasteiger partial charge in [-0.2, -0.15) is 5.10 Å². The van der Waals surface area contributed by atoms with Crippen LogP contribution in [-0.2, 0) is 9.84 Å². The summed E-state index contributed by atoms with van der Waals surface area (Å²) in [5.41, 5.74) is 1.21. The van der Waals surface area contributed by atoms with Gasteiger partial charge in [0.1, 0.15) is 5.69 Å². The zero-order valence-corrected chi connectivity index (χ0v) is 15.8. The Morgan fingerprint density at radius 1 is 1.36 bits per heavy atom. The second-order valence-electron chi connectivity index (χ2n) is 6.44. The van der Waals surface area contributed by atoms with Gasteiger partial charge >= 0.3 is 0 Å². The van der Waals surface area contributed by atoms with E-state index < -0.39 is 15.7 Å². The Bertz CT molecular complexity index is 1090. The summed E-state index contributed by atoms with van der Waals surface area (Å²) in [6.07, 6.45) is 3.44. The van der Waals surface area contributed by atoms with E-state index in [4.69, 9.17) is 9.15 Å². The standard InChI is InChI=1S/C18H18N4O5S/c1-26-17-5-4-12(10-19-17)20-18(23)14-9-15(16-3-2-7-27-16)22(21-14)13-6-8-28(24,25)11-13/h2-5,7,9-10,13H,6,8,11H2,1H3,(H,20,23). The molecule has 3 aromatic rings. The van der Waals surface area contributed by atoms with Gasteiger partial charge in [-0.05, 0) is 24.6 Å². The molecule has 0 aliphatic carbocycles. The van der Waals surface area contributed by atoms with Crippen molar-refractivity contribution in [2.75, 3.05) is 23.9 Å². The van der Waals surface area contributed by atoms with Gasteiger partial charge in [0, 0.05) is 12.1 Å². The molecule has 1 atom stereocenters. The molecular formula is C18H18N4O5S. The van der Waals surface area contributed by atoms with Gasteiger partial charge < -0.3 is 14.5 Å². The number of rotatable bonds is 5. The summed E-state index contributed by atoms with van der Waals surface area (Å²) in [5.74, 6) is 0.617. The molecule has 9 nitrogen and oxygen atoms in total. The predicted octanol–water partition coefficient (Wildman–Crippen LogP) is 2.16. The van der Waals surface area contributed by atoms with Crippen molar-refractivity contribution in [1.29, 1.82) is 0 Å². The number of methoxy groups -OCH3 is 1. The third kappa shape index (κ3) is 3.63. The number of amides is 1. The van der Waals surface area contributed by atoms with Gasteiger partial charge in [-0.1, -0.05) is 0 Å². The largest absolute Gasteiger partial charge is 0.481 e. The number of aromatic nitrogens is 3. The van der Waals surface area contributed by atoms with E-state index in [1.54, 1.807) is 35.0 Å². The van der Waals surface area contributed by atoms with Gasteiger partial charge in [-0.3, -0.25) is 9.48 Å². The smallest absolute Gasteiger partial charge is 0.276 e. The highest BCUT2D eigenvalue weighted by molar-refractivity contribution is 7.91. The summed E-state index contributed by atoms with van der Waals surface area (Å²) in [5, 5.41) is 7.10. The van der Waals surface area contributed by atoms with Gasteiger partial charge in [0.2, 0.25) is 5.88 Å². The predicted molar refractivity (Wildman–Crippen MR) is 101 cm³/mol. The van der Waals surface area contributed by atoms with E-state index in [9.17, 15) is 13.2 Å². The Morgan fingerprint density at radius 3 is 2.82 bits per heavy atom. The van der Waals surface area contributed by atoms with Crippen molar-refractivity contribution < 1.29 is 22.4 Å². The maximum absolute atomic E-state index is 12.7. The first kappa shape index (κ1) is 18.2. The first-order chi connectivity index (χ1) is 13.4. The Balaban J connectivity index is 1.63. The number of carbonyl (C=O) groups excluding carboxylic acids is 1. The summed E-state index contributed by atoms with van der Waals surface area (Å²) in [7, 11) is -1.60. The van der Waals surface area contributed by atoms with Gasteiger partial charge in [-0.15, -0.1) is 0 Å². The van der Waals surface area contributed by atoms with Gasteiger partial charge in [0.15, 0.2) is 21.3 Å². The van der Waals surface area contributed by atoms with Crippen molar-refractivity contribution in [3.63, 3.8) is 0 Å². The van der Waals surface area contributed by atoms with E-state index in [2.05, 4.69) is 15.4 Å². The zero-order chi connectivity index (χ0) is 19.7. The number of ether oxygens (including phenoxy) is 1. The highest BCUT2D eigenvalue weighted by Gasteiger charge is 2.32. The van der Waals surface area contributed by atoms with Crippen molar-refractivity contribution in [3.8, 4) is 17.3 Å². The number of nitrogens with zero attached hydrogens (tertiary/aromatic N) is 3. The fourth-order valence-corrected chi connectivity index (χ4v) is 4.82. The lowest BCUT2D eigenvalue weighted by atomic mass is 10.2. The van der Waals surface area contributed by atoms with Crippen LogP contribution in [0.2, 0.25) is 0 Å². The van der Waals surface area contributed by atoms with Gasteiger partial charge in [0.05, 0.1) is 42.8 Å². The minimum atomic E-state index is -3.11. The van der Waals surface area contributed by atoms with Crippen LogP contribution >= 0.6 is 0 Å². The van der Waals surface area contributed by atoms with E-state index >= 15 is 0 Å². The molecule has 10 heteroatoms. The number of nitrogens with one attached hydrogen (secondary N) is 1. The molecule has 1 N–H and O–H groups in total. The number of sulfone groups is 1. The summed E-state index contributed by atoms with van der Waals surface area (Å²) < 4.78 is 35.8. The molecule has 1 unspecified atom stereocenters. The fraction of sp³-hybridized carbons (Fsp3) is 0.278. The molecule has 1 aliphatic rings. The molecule has 0 radical (unpaired) electrons. The Morgan fingerprint density at radius 2 is 2.21 bits per heavy atom. The minimum Gasteiger partial charge on any atom is -0.481 e. The van der Waals surface area contributed by atoms with E-state index in [1.807, 2.05) is 0 Å². The van der Waals surface area contributed by atoms with Crippen LogP contribution in [0.25, 0.3) is 11.5 Å². The second kappa shape index (κ2) is 7.12. The molecule has 28 heavy (non-hydrogen) atoms. The van der Waals surface area contributed by atoms with Crippen LogP contribution in [0.15, 0.2) is 47.2 Å². The third-order valence-electron chi connectivity index (χ3n) is 4.50. The topological polar surface area (TPSA) is 116 Å². The number of pyridine rings is 1. The van der Waals surface area contributed by atoms with Crippen LogP contribution in [0.3, 0.4) is 0 Å².